The van der Waals surface area contributed by atoms with Crippen LogP contribution in [0.25, 0.3) is 10.2 Å². The zero-order valence-corrected chi connectivity index (χ0v) is 12.1. The van der Waals surface area contributed by atoms with Gasteiger partial charge in [0.25, 0.3) is 0 Å². The summed E-state index contributed by atoms with van der Waals surface area (Å²) in [5.74, 6) is 1.61. The highest BCUT2D eigenvalue weighted by Crippen LogP contribution is 2.34. The van der Waals surface area contributed by atoms with Gasteiger partial charge in [0.05, 0.1) is 18.2 Å². The molecule has 0 aliphatic carbocycles. The molecule has 0 bridgehead atoms. The smallest absolute Gasteiger partial charge is 0.225 e. The predicted octanol–water partition coefficient (Wildman–Crippen LogP) is 4.17. The molecule has 0 saturated carbocycles. The van der Waals surface area contributed by atoms with E-state index in [0.717, 1.165) is 21.8 Å². The third kappa shape index (κ3) is 2.31. The number of rotatable bonds is 3. The number of furan rings is 1. The van der Waals surface area contributed by atoms with E-state index in [1.165, 1.54) is 10.4 Å². The van der Waals surface area contributed by atoms with Crippen LogP contribution in [0.1, 0.15) is 16.2 Å². The Kier molecular flexibility index (Phi) is 3.16. The number of fused-ring (bicyclic) bond motifs is 1. The fourth-order valence-electron chi connectivity index (χ4n) is 1.94. The summed E-state index contributed by atoms with van der Waals surface area (Å²) in [6.07, 6.45) is 1.65. The molecule has 0 saturated heterocycles. The number of nitrogens with one attached hydrogen (secondary N) is 1. The molecule has 0 amide bonds. The Morgan fingerprint density at radius 2 is 2.21 bits per heavy atom. The molecule has 0 spiro atoms. The van der Waals surface area contributed by atoms with Crippen molar-refractivity contribution in [3.05, 3.63) is 39.9 Å². The van der Waals surface area contributed by atoms with E-state index >= 15 is 0 Å². The van der Waals surface area contributed by atoms with Gasteiger partial charge in [-0.3, -0.25) is 0 Å². The number of thiophene rings is 1. The maximum Gasteiger partial charge on any atom is 0.225 e. The minimum Gasteiger partial charge on any atom is -0.467 e. The first-order valence-corrected chi connectivity index (χ1v) is 7.04. The molecule has 0 aliphatic rings. The van der Waals surface area contributed by atoms with Crippen molar-refractivity contribution in [2.24, 2.45) is 0 Å². The van der Waals surface area contributed by atoms with Crippen LogP contribution >= 0.6 is 22.9 Å². The Balaban J connectivity index is 2.01. The van der Waals surface area contributed by atoms with Crippen LogP contribution in [0.4, 0.5) is 5.82 Å². The second kappa shape index (κ2) is 4.83. The van der Waals surface area contributed by atoms with Crippen molar-refractivity contribution in [1.29, 1.82) is 0 Å². The quantitative estimate of drug-likeness (QED) is 0.737. The van der Waals surface area contributed by atoms with E-state index in [1.54, 1.807) is 17.6 Å². The molecule has 3 aromatic rings. The molecular weight excluding hydrogens is 282 g/mol. The monoisotopic (exact) mass is 293 g/mol. The normalized spacial score (nSPS) is 11.1. The predicted molar refractivity (Wildman–Crippen MR) is 77.9 cm³/mol. The first-order chi connectivity index (χ1) is 9.15. The molecule has 0 aromatic carbocycles. The third-order valence-corrected chi connectivity index (χ3v) is 4.28. The van der Waals surface area contributed by atoms with Crippen molar-refractivity contribution in [2.45, 2.75) is 20.4 Å². The van der Waals surface area contributed by atoms with Crippen molar-refractivity contribution < 1.29 is 4.42 Å². The Labute approximate surface area is 119 Å². The van der Waals surface area contributed by atoms with Gasteiger partial charge < -0.3 is 9.73 Å². The molecule has 0 atom stereocenters. The van der Waals surface area contributed by atoms with Crippen LogP contribution in [-0.2, 0) is 6.54 Å². The summed E-state index contributed by atoms with van der Waals surface area (Å²) >= 11 is 7.60. The summed E-state index contributed by atoms with van der Waals surface area (Å²) in [6.45, 7) is 4.72. The van der Waals surface area contributed by atoms with Crippen LogP contribution in [0.15, 0.2) is 22.8 Å². The van der Waals surface area contributed by atoms with Gasteiger partial charge in [-0.15, -0.1) is 11.3 Å². The molecule has 3 heterocycles. The van der Waals surface area contributed by atoms with Gasteiger partial charge in [-0.2, -0.15) is 0 Å². The van der Waals surface area contributed by atoms with Crippen LogP contribution in [0.5, 0.6) is 0 Å². The van der Waals surface area contributed by atoms with Crippen molar-refractivity contribution in [3.8, 4) is 0 Å². The topological polar surface area (TPSA) is 51.0 Å². The highest BCUT2D eigenvalue weighted by atomic mass is 35.5. The maximum absolute atomic E-state index is 5.97. The molecule has 4 nitrogen and oxygen atoms in total. The Bertz CT molecular complexity index is 721. The van der Waals surface area contributed by atoms with Crippen molar-refractivity contribution >= 4 is 39.0 Å². The van der Waals surface area contributed by atoms with E-state index in [1.807, 2.05) is 12.1 Å². The highest BCUT2D eigenvalue weighted by Gasteiger charge is 2.14. The molecule has 3 aromatic heterocycles. The SMILES string of the molecule is Cc1sc2nc(Cl)nc(NCc3ccco3)c2c1C. The number of anilines is 1. The van der Waals surface area contributed by atoms with E-state index in [2.05, 4.69) is 29.1 Å². The van der Waals surface area contributed by atoms with E-state index in [0.29, 0.717) is 6.54 Å². The minimum absolute atomic E-state index is 0.260. The highest BCUT2D eigenvalue weighted by molar-refractivity contribution is 7.18. The lowest BCUT2D eigenvalue weighted by Gasteiger charge is -2.06. The average Bonchev–Trinajstić information content (AvgIpc) is 2.96. The summed E-state index contributed by atoms with van der Waals surface area (Å²) in [5.41, 5.74) is 1.19. The lowest BCUT2D eigenvalue weighted by molar-refractivity contribution is 0.518. The molecule has 6 heteroatoms. The molecule has 3 rings (SSSR count). The van der Waals surface area contributed by atoms with Gasteiger partial charge in [-0.25, -0.2) is 9.97 Å². The van der Waals surface area contributed by atoms with E-state index in [-0.39, 0.29) is 5.28 Å². The molecule has 0 radical (unpaired) electrons. The van der Waals surface area contributed by atoms with Crippen LogP contribution in [0, 0.1) is 13.8 Å². The van der Waals surface area contributed by atoms with Gasteiger partial charge in [-0.05, 0) is 43.1 Å². The molecule has 0 fully saturated rings. The number of aromatic nitrogens is 2. The van der Waals surface area contributed by atoms with Crippen molar-refractivity contribution in [3.63, 3.8) is 0 Å². The van der Waals surface area contributed by atoms with Gasteiger partial charge in [0, 0.05) is 4.88 Å². The average molecular weight is 294 g/mol. The lowest BCUT2D eigenvalue weighted by Crippen LogP contribution is -2.02. The van der Waals surface area contributed by atoms with Gasteiger partial charge in [0.2, 0.25) is 5.28 Å². The van der Waals surface area contributed by atoms with Gasteiger partial charge in [0.15, 0.2) is 0 Å². The number of halogens is 1. The summed E-state index contributed by atoms with van der Waals surface area (Å²) in [7, 11) is 0. The third-order valence-electron chi connectivity index (χ3n) is 3.01. The van der Waals surface area contributed by atoms with Gasteiger partial charge in [-0.1, -0.05) is 0 Å². The summed E-state index contributed by atoms with van der Waals surface area (Å²) in [5, 5.41) is 4.56. The zero-order chi connectivity index (χ0) is 13.4. The standard InChI is InChI=1S/C13H12ClN3OS/c1-7-8(2)19-12-10(7)11(16-13(14)17-12)15-6-9-4-3-5-18-9/h3-5H,6H2,1-2H3,(H,15,16,17). The van der Waals surface area contributed by atoms with Gasteiger partial charge >= 0.3 is 0 Å². The van der Waals surface area contributed by atoms with Crippen LogP contribution in [0.3, 0.4) is 0 Å². The van der Waals surface area contributed by atoms with Crippen LogP contribution in [0.2, 0.25) is 5.28 Å². The largest absolute Gasteiger partial charge is 0.467 e. The Morgan fingerprint density at radius 3 is 2.95 bits per heavy atom. The summed E-state index contributed by atoms with van der Waals surface area (Å²) in [6, 6.07) is 3.78. The number of aryl methyl sites for hydroxylation is 2. The van der Waals surface area contributed by atoms with E-state index in [9.17, 15) is 0 Å². The second-order valence-electron chi connectivity index (χ2n) is 4.24. The molecule has 98 valence electrons. The molecule has 0 unspecified atom stereocenters. The van der Waals surface area contributed by atoms with Crippen molar-refractivity contribution in [2.75, 3.05) is 5.32 Å². The summed E-state index contributed by atoms with van der Waals surface area (Å²) < 4.78 is 5.30. The number of nitrogens with zero attached hydrogens (tertiary/aromatic N) is 2. The maximum atomic E-state index is 5.97. The number of hydrogen-bond acceptors (Lipinski definition) is 5. The molecule has 19 heavy (non-hydrogen) atoms. The second-order valence-corrected chi connectivity index (χ2v) is 5.78. The first kappa shape index (κ1) is 12.4. The van der Waals surface area contributed by atoms with Crippen LogP contribution in [-0.4, -0.2) is 9.97 Å². The fourth-order valence-corrected chi connectivity index (χ4v) is 3.18. The molecule has 1 N–H and O–H groups in total. The van der Waals surface area contributed by atoms with E-state index < -0.39 is 0 Å². The fraction of sp³-hybridized carbons (Fsp3) is 0.231. The lowest BCUT2D eigenvalue weighted by atomic mass is 10.2. The Hall–Kier alpha value is -1.59. The van der Waals surface area contributed by atoms with Crippen LogP contribution < -0.4 is 5.32 Å². The Morgan fingerprint density at radius 1 is 1.37 bits per heavy atom. The van der Waals surface area contributed by atoms with Crippen molar-refractivity contribution in [1.82, 2.24) is 9.97 Å². The minimum atomic E-state index is 0.260. The summed E-state index contributed by atoms with van der Waals surface area (Å²) in [4.78, 5) is 10.7. The zero-order valence-electron chi connectivity index (χ0n) is 10.5. The molecular formula is C13H12ClN3OS. The van der Waals surface area contributed by atoms with Gasteiger partial charge in [0.1, 0.15) is 16.4 Å². The molecule has 0 aliphatic heterocycles. The first-order valence-electron chi connectivity index (χ1n) is 5.84. The number of hydrogen-bond donors (Lipinski definition) is 1. The van der Waals surface area contributed by atoms with E-state index in [4.69, 9.17) is 16.0 Å².